The fourth-order valence-corrected chi connectivity index (χ4v) is 8.44. The average Bonchev–Trinajstić information content (AvgIpc) is 3.70. The number of rotatable bonds is 14. The number of hydrogen-bond donors (Lipinski definition) is 2. The third kappa shape index (κ3) is 17.2. The summed E-state index contributed by atoms with van der Waals surface area (Å²) in [5, 5.41) is 19.7. The monoisotopic (exact) mass is 908 g/mol. The van der Waals surface area contributed by atoms with Crippen molar-refractivity contribution in [2.75, 3.05) is 11.5 Å². The maximum Gasteiger partial charge on any atom is 0.369 e. The van der Waals surface area contributed by atoms with E-state index in [0.717, 1.165) is 55.4 Å². The van der Waals surface area contributed by atoms with Crippen LogP contribution in [0.4, 0.5) is 0 Å². The Morgan fingerprint density at radius 2 is 1.24 bits per heavy atom. The summed E-state index contributed by atoms with van der Waals surface area (Å²) in [6, 6.07) is 19.4. The second-order valence-electron chi connectivity index (χ2n) is 12.5. The van der Waals surface area contributed by atoms with E-state index < -0.39 is 18.0 Å². The molecule has 272 valence electrons. The number of halogens is 3. The quantitative estimate of drug-likeness (QED) is 0.109. The van der Waals surface area contributed by atoms with Crippen LogP contribution in [0.25, 0.3) is 0 Å². The molecule has 49 heavy (non-hydrogen) atoms. The number of unbranched alkanes of at least 4 members (excludes halogenated alkanes) is 2. The minimum atomic E-state index is -0.625. The Morgan fingerprint density at radius 3 is 1.71 bits per heavy atom. The molecular formula is C35H48BBr3O8S2. The van der Waals surface area contributed by atoms with Gasteiger partial charge in [-0.1, -0.05) is 73.5 Å². The molecule has 0 bridgehead atoms. The van der Waals surface area contributed by atoms with Gasteiger partial charge < -0.3 is 29.2 Å². The van der Waals surface area contributed by atoms with E-state index in [2.05, 4.69) is 47.3 Å². The van der Waals surface area contributed by atoms with Crippen molar-refractivity contribution in [3.8, 4) is 0 Å². The molecule has 2 aromatic rings. The number of benzene rings is 2. The largest absolute Gasteiger partial charge is 0.461 e. The van der Waals surface area contributed by atoms with Crippen LogP contribution in [0.2, 0.25) is 0 Å². The molecule has 0 radical (unpaired) electrons. The molecular weight excluding hydrogens is 863 g/mol. The Balaban J connectivity index is 0.000000241. The molecule has 1 unspecified atom stereocenters. The molecule has 0 saturated carbocycles. The van der Waals surface area contributed by atoms with Gasteiger partial charge in [0.15, 0.2) is 5.79 Å². The summed E-state index contributed by atoms with van der Waals surface area (Å²) in [6.45, 7) is 4.65. The van der Waals surface area contributed by atoms with Gasteiger partial charge in [0.25, 0.3) is 0 Å². The number of aliphatic hydroxyl groups excluding tert-OH is 2. The molecule has 3 saturated heterocycles. The third-order valence-electron chi connectivity index (χ3n) is 8.04. The Labute approximate surface area is 324 Å². The summed E-state index contributed by atoms with van der Waals surface area (Å²) in [6.07, 6.45) is 5.50. The van der Waals surface area contributed by atoms with Gasteiger partial charge in [0.1, 0.15) is 13.2 Å². The first-order chi connectivity index (χ1) is 23.4. The molecule has 0 spiro atoms. The number of esters is 2. The molecule has 0 amide bonds. The normalized spacial score (nSPS) is 24.9. The summed E-state index contributed by atoms with van der Waals surface area (Å²) in [7, 11) is 0. The molecule has 8 nitrogen and oxygen atoms in total. The zero-order valence-electron chi connectivity index (χ0n) is 28.1. The van der Waals surface area contributed by atoms with Crippen molar-refractivity contribution in [1.29, 1.82) is 0 Å². The van der Waals surface area contributed by atoms with Gasteiger partial charge in [-0.3, -0.25) is 9.59 Å². The van der Waals surface area contributed by atoms with Crippen LogP contribution in [0.5, 0.6) is 0 Å². The average molecular weight is 911 g/mol. The summed E-state index contributed by atoms with van der Waals surface area (Å²) in [5.74, 6) is 0.870. The number of carbonyl (C=O) groups excluding carboxylic acids is 2. The van der Waals surface area contributed by atoms with Gasteiger partial charge in [-0.05, 0) is 50.7 Å². The van der Waals surface area contributed by atoms with E-state index in [0.29, 0.717) is 37.1 Å². The van der Waals surface area contributed by atoms with E-state index in [1.807, 2.05) is 86.3 Å². The van der Waals surface area contributed by atoms with E-state index in [4.69, 9.17) is 18.9 Å². The highest BCUT2D eigenvalue weighted by atomic mass is 79.9. The predicted molar refractivity (Wildman–Crippen MR) is 210 cm³/mol. The van der Waals surface area contributed by atoms with E-state index in [1.165, 1.54) is 0 Å². The SMILES string of the molecule is BrB(Br)Br.CC1(C)OC2CS[C@@H](CCCCC(=O)OCc3ccccc3)[C@H]2O1.O=C(CCCC[C@@H]1SC[C@H](O)[C@@H]1O)OCc1ccccc1. The molecule has 6 atom stereocenters. The van der Waals surface area contributed by atoms with E-state index >= 15 is 0 Å². The lowest BCUT2D eigenvalue weighted by molar-refractivity contribution is -0.146. The fraction of sp³-hybridized carbons (Fsp3) is 0.600. The van der Waals surface area contributed by atoms with Crippen molar-refractivity contribution in [3.05, 3.63) is 71.8 Å². The van der Waals surface area contributed by atoms with Crippen LogP contribution in [-0.4, -0.2) is 77.5 Å². The topological polar surface area (TPSA) is 112 Å². The second kappa shape index (κ2) is 23.2. The van der Waals surface area contributed by atoms with Crippen LogP contribution in [0, 0.1) is 0 Å². The van der Waals surface area contributed by atoms with Crippen molar-refractivity contribution in [3.63, 3.8) is 0 Å². The Bertz CT molecular complexity index is 1230. The van der Waals surface area contributed by atoms with Gasteiger partial charge >= 0.3 is 15.1 Å². The van der Waals surface area contributed by atoms with Crippen LogP contribution >= 0.6 is 70.8 Å². The zero-order valence-corrected chi connectivity index (χ0v) is 34.5. The Kier molecular flexibility index (Phi) is 20.3. The number of ether oxygens (including phenoxy) is 4. The van der Waals surface area contributed by atoms with Crippen molar-refractivity contribution in [1.82, 2.24) is 0 Å². The van der Waals surface area contributed by atoms with Crippen LogP contribution < -0.4 is 0 Å². The van der Waals surface area contributed by atoms with Crippen LogP contribution in [-0.2, 0) is 41.8 Å². The Morgan fingerprint density at radius 1 is 0.776 bits per heavy atom. The van der Waals surface area contributed by atoms with Crippen molar-refractivity contribution in [2.45, 2.75) is 119 Å². The molecule has 14 heteroatoms. The van der Waals surface area contributed by atoms with Crippen molar-refractivity contribution < 1.29 is 38.7 Å². The fourth-order valence-electron chi connectivity index (χ4n) is 5.64. The van der Waals surface area contributed by atoms with Crippen molar-refractivity contribution in [2.24, 2.45) is 0 Å². The minimum absolute atomic E-state index is 0.0975. The molecule has 2 aromatic carbocycles. The highest BCUT2D eigenvalue weighted by Crippen LogP contribution is 2.43. The van der Waals surface area contributed by atoms with Crippen molar-refractivity contribution >= 4 is 85.9 Å². The lowest BCUT2D eigenvalue weighted by Gasteiger charge is -2.21. The lowest BCUT2D eigenvalue weighted by Crippen LogP contribution is -2.28. The molecule has 0 aromatic heterocycles. The lowest BCUT2D eigenvalue weighted by atomic mass is 10.1. The Hall–Kier alpha value is -0.575. The van der Waals surface area contributed by atoms with Crippen LogP contribution in [0.15, 0.2) is 60.7 Å². The van der Waals surface area contributed by atoms with Gasteiger partial charge in [-0.15, -0.1) is 47.3 Å². The molecule has 3 aliphatic heterocycles. The number of aliphatic hydroxyl groups is 2. The van der Waals surface area contributed by atoms with Crippen LogP contribution in [0.3, 0.4) is 0 Å². The minimum Gasteiger partial charge on any atom is -0.461 e. The van der Waals surface area contributed by atoms with E-state index in [1.54, 1.807) is 11.8 Å². The number of fused-ring (bicyclic) bond motifs is 1. The first kappa shape index (κ1) is 42.8. The first-order valence-corrected chi connectivity index (χ1v) is 21.5. The maximum absolute atomic E-state index is 11.8. The van der Waals surface area contributed by atoms with Gasteiger partial charge in [0.2, 0.25) is 0 Å². The second-order valence-corrected chi connectivity index (χ2v) is 21.4. The smallest absolute Gasteiger partial charge is 0.369 e. The highest BCUT2D eigenvalue weighted by Gasteiger charge is 2.49. The predicted octanol–water partition coefficient (Wildman–Crippen LogP) is 8.21. The highest BCUT2D eigenvalue weighted by molar-refractivity contribution is 9.69. The standard InChI is InChI=1S/C19H26O4S.C16H22O4S.BBr3/c1-19(2)22-15-13-24-16(18(15)23-19)10-6-7-11-17(20)21-12-14-8-4-3-5-9-14;17-13-11-21-14(16(13)19)8-4-5-9-15(18)20-10-12-6-2-1-3-7-12;2-1(3)4/h3-5,8-9,15-16,18H,6-7,10-13H2,1-2H3;1-3,6-7,13-14,16-17,19H,4-5,8-11H2;/t15?,16-,18-;13-,14-,16-;/m00./s1. The molecule has 3 fully saturated rings. The van der Waals surface area contributed by atoms with E-state index in [9.17, 15) is 19.8 Å². The molecule has 3 heterocycles. The first-order valence-electron chi connectivity index (χ1n) is 16.7. The van der Waals surface area contributed by atoms with Gasteiger partial charge in [-0.2, -0.15) is 23.5 Å². The summed E-state index contributed by atoms with van der Waals surface area (Å²) >= 11 is 12.9. The maximum atomic E-state index is 11.8. The molecule has 3 aliphatic rings. The van der Waals surface area contributed by atoms with Gasteiger partial charge in [0, 0.05) is 34.8 Å². The molecule has 0 aliphatic carbocycles. The number of carbonyl (C=O) groups is 2. The zero-order chi connectivity index (χ0) is 35.6. The van der Waals surface area contributed by atoms with Gasteiger partial charge in [-0.25, -0.2) is 0 Å². The third-order valence-corrected chi connectivity index (χ3v) is 11.0. The number of thioether (sulfide) groups is 2. The molecule has 5 rings (SSSR count). The summed E-state index contributed by atoms with van der Waals surface area (Å²) in [5.41, 5.74) is 2.02. The van der Waals surface area contributed by atoms with Gasteiger partial charge in [0.05, 0.1) is 24.4 Å². The number of hydrogen-bond acceptors (Lipinski definition) is 10. The summed E-state index contributed by atoms with van der Waals surface area (Å²) < 4.78 is 22.7. The van der Waals surface area contributed by atoms with E-state index in [-0.39, 0.29) is 32.6 Å². The molecule has 2 N–H and O–H groups in total. The summed E-state index contributed by atoms with van der Waals surface area (Å²) in [4.78, 5) is 23.4. The van der Waals surface area contributed by atoms with Crippen LogP contribution in [0.1, 0.15) is 76.3 Å².